The van der Waals surface area contributed by atoms with Crippen LogP contribution in [0.1, 0.15) is 47.0 Å². The molecule has 2 N–H and O–H groups in total. The Labute approximate surface area is 126 Å². The molecule has 0 aliphatic carbocycles. The van der Waals surface area contributed by atoms with Crippen LogP contribution in [0.15, 0.2) is 0 Å². The zero-order valence-corrected chi connectivity index (χ0v) is 14.1. The fraction of sp³-hybridized carbons (Fsp3) is 1.00. The smallest absolute Gasteiger partial charge is 0.0593 e. The third-order valence-electron chi connectivity index (χ3n) is 3.64. The summed E-state index contributed by atoms with van der Waals surface area (Å²) < 4.78 is 10.9. The van der Waals surface area contributed by atoms with Gasteiger partial charge in [-0.3, -0.25) is 4.90 Å². The van der Waals surface area contributed by atoms with Crippen LogP contribution in [-0.2, 0) is 9.47 Å². The van der Waals surface area contributed by atoms with E-state index in [4.69, 9.17) is 15.2 Å². The lowest BCUT2D eigenvalue weighted by atomic mass is 9.87. The number of hydrogen-bond acceptors (Lipinski definition) is 4. The summed E-state index contributed by atoms with van der Waals surface area (Å²) in [6.07, 6.45) is 3.67. The van der Waals surface area contributed by atoms with Crippen molar-refractivity contribution in [2.24, 2.45) is 11.1 Å². The van der Waals surface area contributed by atoms with Gasteiger partial charge < -0.3 is 15.2 Å². The van der Waals surface area contributed by atoms with Crippen molar-refractivity contribution in [3.05, 3.63) is 0 Å². The summed E-state index contributed by atoms with van der Waals surface area (Å²) in [6, 6.07) is 0. The van der Waals surface area contributed by atoms with Crippen LogP contribution in [0.5, 0.6) is 0 Å². The standard InChI is InChI=1S/C16H36N2O2/c1-5-19-13-11-18(12-14-20-6-2)10-8-7-9-16(3,4)15-17/h5-15,17H2,1-4H3. The molecule has 0 heterocycles. The molecule has 0 saturated heterocycles. The van der Waals surface area contributed by atoms with Crippen molar-refractivity contribution in [2.45, 2.75) is 47.0 Å². The molecule has 4 heteroatoms. The number of unbranched alkanes of at least 4 members (excludes halogenated alkanes) is 1. The zero-order chi connectivity index (χ0) is 15.3. The Hall–Kier alpha value is -0.160. The van der Waals surface area contributed by atoms with Crippen LogP contribution in [0.4, 0.5) is 0 Å². The molecular weight excluding hydrogens is 252 g/mol. The zero-order valence-electron chi connectivity index (χ0n) is 14.1. The molecule has 0 aliphatic rings. The molecule has 0 saturated carbocycles. The van der Waals surface area contributed by atoms with E-state index in [1.165, 1.54) is 19.3 Å². The topological polar surface area (TPSA) is 47.7 Å². The summed E-state index contributed by atoms with van der Waals surface area (Å²) in [5.74, 6) is 0. The minimum absolute atomic E-state index is 0.279. The fourth-order valence-corrected chi connectivity index (χ4v) is 2.05. The summed E-state index contributed by atoms with van der Waals surface area (Å²) in [4.78, 5) is 2.45. The SMILES string of the molecule is CCOCCN(CCCCC(C)(C)CN)CCOCC. The van der Waals surface area contributed by atoms with Crippen molar-refractivity contribution in [2.75, 3.05) is 52.6 Å². The molecule has 0 radical (unpaired) electrons. The number of hydrogen-bond donors (Lipinski definition) is 1. The van der Waals surface area contributed by atoms with Gasteiger partial charge in [-0.2, -0.15) is 0 Å². The van der Waals surface area contributed by atoms with Crippen molar-refractivity contribution < 1.29 is 9.47 Å². The van der Waals surface area contributed by atoms with Crippen LogP contribution in [-0.4, -0.2) is 57.5 Å². The summed E-state index contributed by atoms with van der Waals surface area (Å²) >= 11 is 0. The number of rotatable bonds is 14. The molecule has 0 aromatic carbocycles. The molecule has 0 rings (SSSR count). The van der Waals surface area contributed by atoms with Gasteiger partial charge in [0.15, 0.2) is 0 Å². The second-order valence-electron chi connectivity index (χ2n) is 6.06. The van der Waals surface area contributed by atoms with Crippen LogP contribution in [0.25, 0.3) is 0 Å². The van der Waals surface area contributed by atoms with Crippen molar-refractivity contribution >= 4 is 0 Å². The normalized spacial score (nSPS) is 12.3. The highest BCUT2D eigenvalue weighted by Gasteiger charge is 2.14. The van der Waals surface area contributed by atoms with Gasteiger partial charge in [-0.05, 0) is 45.2 Å². The van der Waals surface area contributed by atoms with E-state index in [9.17, 15) is 0 Å². The lowest BCUT2D eigenvalue weighted by Crippen LogP contribution is -2.32. The summed E-state index contributed by atoms with van der Waals surface area (Å²) in [7, 11) is 0. The van der Waals surface area contributed by atoms with E-state index in [-0.39, 0.29) is 5.41 Å². The van der Waals surface area contributed by atoms with Crippen molar-refractivity contribution in [1.29, 1.82) is 0 Å². The maximum Gasteiger partial charge on any atom is 0.0593 e. The first-order valence-corrected chi connectivity index (χ1v) is 8.13. The molecule has 0 fully saturated rings. The Morgan fingerprint density at radius 1 is 0.900 bits per heavy atom. The minimum atomic E-state index is 0.279. The highest BCUT2D eigenvalue weighted by Crippen LogP contribution is 2.21. The Kier molecular flexibility index (Phi) is 12.5. The molecule has 0 aliphatic heterocycles. The van der Waals surface area contributed by atoms with E-state index in [0.29, 0.717) is 0 Å². The van der Waals surface area contributed by atoms with Gasteiger partial charge in [0.05, 0.1) is 13.2 Å². The van der Waals surface area contributed by atoms with Gasteiger partial charge in [-0.1, -0.05) is 20.3 Å². The molecule has 0 spiro atoms. The van der Waals surface area contributed by atoms with E-state index in [2.05, 4.69) is 18.7 Å². The Morgan fingerprint density at radius 3 is 1.90 bits per heavy atom. The monoisotopic (exact) mass is 288 g/mol. The quantitative estimate of drug-likeness (QED) is 0.499. The third kappa shape index (κ3) is 11.6. The Morgan fingerprint density at radius 2 is 1.45 bits per heavy atom. The van der Waals surface area contributed by atoms with Crippen LogP contribution >= 0.6 is 0 Å². The van der Waals surface area contributed by atoms with Crippen LogP contribution < -0.4 is 5.73 Å². The van der Waals surface area contributed by atoms with Crippen LogP contribution in [0.2, 0.25) is 0 Å². The molecule has 4 nitrogen and oxygen atoms in total. The minimum Gasteiger partial charge on any atom is -0.380 e. The highest BCUT2D eigenvalue weighted by atomic mass is 16.5. The van der Waals surface area contributed by atoms with E-state index < -0.39 is 0 Å². The van der Waals surface area contributed by atoms with Gasteiger partial charge in [0, 0.05) is 26.3 Å². The molecular formula is C16H36N2O2. The first-order valence-electron chi connectivity index (χ1n) is 8.13. The number of ether oxygens (including phenoxy) is 2. The fourth-order valence-electron chi connectivity index (χ4n) is 2.05. The molecule has 0 amide bonds. The summed E-state index contributed by atoms with van der Waals surface area (Å²) in [6.45, 7) is 15.7. The molecule has 0 aromatic rings. The first-order chi connectivity index (χ1) is 9.55. The van der Waals surface area contributed by atoms with Gasteiger partial charge in [0.2, 0.25) is 0 Å². The lowest BCUT2D eigenvalue weighted by Gasteiger charge is -2.24. The summed E-state index contributed by atoms with van der Waals surface area (Å²) in [5.41, 5.74) is 6.05. The van der Waals surface area contributed by atoms with Gasteiger partial charge in [0.25, 0.3) is 0 Å². The van der Waals surface area contributed by atoms with Gasteiger partial charge in [0.1, 0.15) is 0 Å². The molecule has 20 heavy (non-hydrogen) atoms. The predicted molar refractivity (Wildman–Crippen MR) is 86.1 cm³/mol. The number of nitrogens with two attached hydrogens (primary N) is 1. The highest BCUT2D eigenvalue weighted by molar-refractivity contribution is 4.69. The van der Waals surface area contributed by atoms with Crippen LogP contribution in [0.3, 0.4) is 0 Å². The van der Waals surface area contributed by atoms with Crippen LogP contribution in [0, 0.1) is 5.41 Å². The first kappa shape index (κ1) is 19.8. The predicted octanol–water partition coefficient (Wildman–Crippen LogP) is 2.52. The second kappa shape index (κ2) is 12.6. The molecule has 122 valence electrons. The largest absolute Gasteiger partial charge is 0.380 e. The van der Waals surface area contributed by atoms with Crippen molar-refractivity contribution in [1.82, 2.24) is 4.90 Å². The van der Waals surface area contributed by atoms with E-state index >= 15 is 0 Å². The molecule has 0 bridgehead atoms. The maximum atomic E-state index is 5.77. The van der Waals surface area contributed by atoms with E-state index in [1.807, 2.05) is 13.8 Å². The average molecular weight is 288 g/mol. The van der Waals surface area contributed by atoms with Crippen molar-refractivity contribution in [3.8, 4) is 0 Å². The van der Waals surface area contributed by atoms with Gasteiger partial charge >= 0.3 is 0 Å². The summed E-state index contributed by atoms with van der Waals surface area (Å²) in [5, 5.41) is 0. The Balaban J connectivity index is 3.83. The molecule has 0 atom stereocenters. The number of nitrogens with zero attached hydrogens (tertiary/aromatic N) is 1. The van der Waals surface area contributed by atoms with Gasteiger partial charge in [-0.25, -0.2) is 0 Å². The van der Waals surface area contributed by atoms with Crippen molar-refractivity contribution in [3.63, 3.8) is 0 Å². The van der Waals surface area contributed by atoms with E-state index in [1.54, 1.807) is 0 Å². The lowest BCUT2D eigenvalue weighted by molar-refractivity contribution is 0.0816. The maximum absolute atomic E-state index is 5.77. The van der Waals surface area contributed by atoms with Gasteiger partial charge in [-0.15, -0.1) is 0 Å². The van der Waals surface area contributed by atoms with E-state index in [0.717, 1.165) is 52.6 Å². The third-order valence-corrected chi connectivity index (χ3v) is 3.64. The molecule has 0 unspecified atom stereocenters. The molecule has 0 aromatic heterocycles. The average Bonchev–Trinajstić information content (AvgIpc) is 2.43. The second-order valence-corrected chi connectivity index (χ2v) is 6.06. The Bertz CT molecular complexity index is 201.